The fourth-order valence-electron chi connectivity index (χ4n) is 3.27. The lowest BCUT2D eigenvalue weighted by molar-refractivity contribution is 0.377. The third-order valence-electron chi connectivity index (χ3n) is 4.78. The Morgan fingerprint density at radius 1 is 1.29 bits per heavy atom. The van der Waals surface area contributed by atoms with Gasteiger partial charge in [-0.3, -0.25) is 0 Å². The van der Waals surface area contributed by atoms with E-state index in [0.717, 1.165) is 18.5 Å². The van der Waals surface area contributed by atoms with Crippen molar-refractivity contribution in [2.24, 2.45) is 5.92 Å². The van der Waals surface area contributed by atoms with Crippen molar-refractivity contribution >= 4 is 16.5 Å². The van der Waals surface area contributed by atoms with Gasteiger partial charge in [-0.1, -0.05) is 20.8 Å². The van der Waals surface area contributed by atoms with Crippen LogP contribution in [0.1, 0.15) is 69.9 Å². The molecule has 0 spiro atoms. The van der Waals surface area contributed by atoms with Gasteiger partial charge in [0.2, 0.25) is 0 Å². The summed E-state index contributed by atoms with van der Waals surface area (Å²) in [6.07, 6.45) is 5.30. The monoisotopic (exact) mass is 307 g/mol. The van der Waals surface area contributed by atoms with Gasteiger partial charge in [-0.15, -0.1) is 11.3 Å². The SMILES string of the molecule is CC1CCN(c2nc(C(C)C)c(CNC3CC3)s2)C(C)C1. The van der Waals surface area contributed by atoms with Crippen LogP contribution in [-0.2, 0) is 6.54 Å². The molecule has 0 radical (unpaired) electrons. The molecule has 1 saturated heterocycles. The lowest BCUT2D eigenvalue weighted by Gasteiger charge is -2.36. The zero-order valence-corrected chi connectivity index (χ0v) is 14.7. The smallest absolute Gasteiger partial charge is 0.186 e. The van der Waals surface area contributed by atoms with Crippen molar-refractivity contribution in [1.29, 1.82) is 0 Å². The molecule has 2 atom stereocenters. The van der Waals surface area contributed by atoms with Crippen LogP contribution in [-0.4, -0.2) is 23.6 Å². The molecule has 118 valence electrons. The maximum absolute atomic E-state index is 5.01. The summed E-state index contributed by atoms with van der Waals surface area (Å²) in [6.45, 7) is 11.4. The Hall–Kier alpha value is -0.610. The molecule has 2 fully saturated rings. The molecular formula is C17H29N3S. The number of nitrogens with zero attached hydrogens (tertiary/aromatic N) is 2. The molecule has 0 aromatic carbocycles. The molecule has 2 aliphatic rings. The van der Waals surface area contributed by atoms with Gasteiger partial charge in [-0.2, -0.15) is 0 Å². The zero-order chi connectivity index (χ0) is 15.0. The van der Waals surface area contributed by atoms with E-state index in [1.165, 1.54) is 47.9 Å². The van der Waals surface area contributed by atoms with E-state index in [9.17, 15) is 0 Å². The van der Waals surface area contributed by atoms with Gasteiger partial charge in [0.25, 0.3) is 0 Å². The first-order valence-corrected chi connectivity index (χ1v) is 9.36. The van der Waals surface area contributed by atoms with Crippen molar-refractivity contribution in [1.82, 2.24) is 10.3 Å². The molecule has 1 aliphatic heterocycles. The Morgan fingerprint density at radius 2 is 2.05 bits per heavy atom. The summed E-state index contributed by atoms with van der Waals surface area (Å²) in [7, 11) is 0. The number of nitrogens with one attached hydrogen (secondary N) is 1. The topological polar surface area (TPSA) is 28.2 Å². The largest absolute Gasteiger partial charge is 0.345 e. The van der Waals surface area contributed by atoms with Crippen LogP contribution >= 0.6 is 11.3 Å². The van der Waals surface area contributed by atoms with E-state index in [1.807, 2.05) is 11.3 Å². The minimum Gasteiger partial charge on any atom is -0.345 e. The Balaban J connectivity index is 1.76. The third-order valence-corrected chi connectivity index (χ3v) is 5.88. The van der Waals surface area contributed by atoms with Gasteiger partial charge in [0.1, 0.15) is 0 Å². The number of hydrogen-bond acceptors (Lipinski definition) is 4. The van der Waals surface area contributed by atoms with Gasteiger partial charge in [-0.25, -0.2) is 4.98 Å². The lowest BCUT2D eigenvalue weighted by atomic mass is 9.94. The summed E-state index contributed by atoms with van der Waals surface area (Å²) in [4.78, 5) is 9.01. The third kappa shape index (κ3) is 3.59. The maximum Gasteiger partial charge on any atom is 0.186 e. The molecule has 1 saturated carbocycles. The van der Waals surface area contributed by atoms with Crippen molar-refractivity contribution in [2.75, 3.05) is 11.4 Å². The van der Waals surface area contributed by atoms with Crippen LogP contribution < -0.4 is 10.2 Å². The number of piperidine rings is 1. The normalized spacial score (nSPS) is 26.6. The second-order valence-corrected chi connectivity index (χ2v) is 8.35. The molecule has 3 rings (SSSR count). The number of rotatable bonds is 5. The summed E-state index contributed by atoms with van der Waals surface area (Å²) >= 11 is 1.92. The van der Waals surface area contributed by atoms with Gasteiger partial charge in [0.05, 0.1) is 5.69 Å². The van der Waals surface area contributed by atoms with Crippen LogP contribution in [0, 0.1) is 5.92 Å². The highest BCUT2D eigenvalue weighted by Crippen LogP contribution is 2.35. The average molecular weight is 308 g/mol. The van der Waals surface area contributed by atoms with Crippen molar-refractivity contribution < 1.29 is 0 Å². The molecule has 2 unspecified atom stereocenters. The Labute approximate surface area is 133 Å². The molecule has 2 heterocycles. The van der Waals surface area contributed by atoms with E-state index in [4.69, 9.17) is 4.98 Å². The number of thiazole rings is 1. The average Bonchev–Trinajstić information content (AvgIpc) is 3.15. The number of hydrogen-bond donors (Lipinski definition) is 1. The molecule has 1 N–H and O–H groups in total. The zero-order valence-electron chi connectivity index (χ0n) is 13.9. The fraction of sp³-hybridized carbons (Fsp3) is 0.824. The second kappa shape index (κ2) is 6.25. The molecule has 3 nitrogen and oxygen atoms in total. The molecule has 1 aromatic rings. The first-order chi connectivity index (χ1) is 10.0. The summed E-state index contributed by atoms with van der Waals surface area (Å²) in [6, 6.07) is 1.40. The van der Waals surface area contributed by atoms with Crippen molar-refractivity contribution in [3.05, 3.63) is 10.6 Å². The predicted molar refractivity (Wildman–Crippen MR) is 91.3 cm³/mol. The predicted octanol–water partition coefficient (Wildman–Crippen LogP) is 4.14. The van der Waals surface area contributed by atoms with E-state index in [2.05, 4.69) is 37.9 Å². The van der Waals surface area contributed by atoms with Crippen LogP contribution in [0.3, 0.4) is 0 Å². The number of anilines is 1. The van der Waals surface area contributed by atoms with Crippen LogP contribution in [0.5, 0.6) is 0 Å². The van der Waals surface area contributed by atoms with Gasteiger partial charge < -0.3 is 10.2 Å². The van der Waals surface area contributed by atoms with E-state index in [0.29, 0.717) is 12.0 Å². The minimum absolute atomic E-state index is 0.519. The van der Waals surface area contributed by atoms with Crippen LogP contribution in [0.2, 0.25) is 0 Å². The summed E-state index contributed by atoms with van der Waals surface area (Å²) < 4.78 is 0. The van der Waals surface area contributed by atoms with Crippen molar-refractivity contribution in [2.45, 2.75) is 77.9 Å². The number of aromatic nitrogens is 1. The van der Waals surface area contributed by atoms with Crippen LogP contribution in [0.25, 0.3) is 0 Å². The quantitative estimate of drug-likeness (QED) is 0.886. The maximum atomic E-state index is 5.01. The summed E-state index contributed by atoms with van der Waals surface area (Å²) in [5.41, 5.74) is 1.31. The fourth-order valence-corrected chi connectivity index (χ4v) is 4.56. The first-order valence-electron chi connectivity index (χ1n) is 8.54. The van der Waals surface area contributed by atoms with Gasteiger partial charge in [0, 0.05) is 30.1 Å². The van der Waals surface area contributed by atoms with E-state index >= 15 is 0 Å². The highest BCUT2D eigenvalue weighted by atomic mass is 32.1. The lowest BCUT2D eigenvalue weighted by Crippen LogP contribution is -2.40. The van der Waals surface area contributed by atoms with E-state index < -0.39 is 0 Å². The Kier molecular flexibility index (Phi) is 4.55. The minimum atomic E-state index is 0.519. The summed E-state index contributed by atoms with van der Waals surface area (Å²) in [5.74, 6) is 1.38. The van der Waals surface area contributed by atoms with E-state index in [-0.39, 0.29) is 0 Å². The van der Waals surface area contributed by atoms with E-state index in [1.54, 1.807) is 0 Å². The van der Waals surface area contributed by atoms with Crippen molar-refractivity contribution in [3.63, 3.8) is 0 Å². The highest BCUT2D eigenvalue weighted by Gasteiger charge is 2.27. The van der Waals surface area contributed by atoms with Gasteiger partial charge >= 0.3 is 0 Å². The van der Waals surface area contributed by atoms with Crippen LogP contribution in [0.15, 0.2) is 0 Å². The highest BCUT2D eigenvalue weighted by molar-refractivity contribution is 7.15. The van der Waals surface area contributed by atoms with Gasteiger partial charge in [-0.05, 0) is 44.4 Å². The summed E-state index contributed by atoms with van der Waals surface area (Å²) in [5, 5.41) is 4.91. The first kappa shape index (κ1) is 15.3. The molecule has 1 aromatic heterocycles. The molecule has 21 heavy (non-hydrogen) atoms. The van der Waals surface area contributed by atoms with Crippen molar-refractivity contribution in [3.8, 4) is 0 Å². The Morgan fingerprint density at radius 3 is 2.67 bits per heavy atom. The second-order valence-electron chi connectivity index (χ2n) is 7.29. The van der Waals surface area contributed by atoms with Crippen LogP contribution in [0.4, 0.5) is 5.13 Å². The molecule has 0 amide bonds. The molecular weight excluding hydrogens is 278 g/mol. The molecule has 0 bridgehead atoms. The Bertz CT molecular complexity index is 478. The van der Waals surface area contributed by atoms with Gasteiger partial charge in [0.15, 0.2) is 5.13 Å². The molecule has 1 aliphatic carbocycles. The molecule has 4 heteroatoms. The standard InChI is InChI=1S/C17H29N3S/c1-11(2)16-15(10-18-14-5-6-14)21-17(19-16)20-8-7-12(3)9-13(20)4/h11-14,18H,5-10H2,1-4H3.